The number of hydrogen-bond acceptors (Lipinski definition) is 5. The van der Waals surface area contributed by atoms with Gasteiger partial charge in [0.15, 0.2) is 12.5 Å². The van der Waals surface area contributed by atoms with Gasteiger partial charge in [-0.05, 0) is 25.7 Å². The SMILES string of the molecule is CCCCCCCCCC(N=C=O)OC(CCCCCCCCC)N=C=O. The molecule has 0 aromatic carbocycles. The van der Waals surface area contributed by atoms with Gasteiger partial charge in [0.25, 0.3) is 0 Å². The van der Waals surface area contributed by atoms with Crippen molar-refractivity contribution in [3.63, 3.8) is 0 Å². The van der Waals surface area contributed by atoms with Gasteiger partial charge in [-0.15, -0.1) is 0 Å². The summed E-state index contributed by atoms with van der Waals surface area (Å²) >= 11 is 0. The Morgan fingerprint density at radius 3 is 1.26 bits per heavy atom. The topological polar surface area (TPSA) is 68.1 Å². The molecule has 0 aliphatic rings. The maximum atomic E-state index is 10.7. The van der Waals surface area contributed by atoms with E-state index in [4.69, 9.17) is 4.74 Å². The summed E-state index contributed by atoms with van der Waals surface area (Å²) < 4.78 is 5.76. The number of nitrogens with zero attached hydrogens (tertiary/aromatic N) is 2. The van der Waals surface area contributed by atoms with Gasteiger partial charge in [0.1, 0.15) is 0 Å². The van der Waals surface area contributed by atoms with Gasteiger partial charge in [-0.3, -0.25) is 0 Å². The van der Waals surface area contributed by atoms with Gasteiger partial charge in [0.05, 0.1) is 0 Å². The van der Waals surface area contributed by atoms with E-state index in [1.807, 2.05) is 0 Å². The predicted octanol–water partition coefficient (Wildman–Crippen LogP) is 6.61. The van der Waals surface area contributed by atoms with E-state index in [0.717, 1.165) is 25.7 Å². The fraction of sp³-hybridized carbons (Fsp3) is 0.909. The van der Waals surface area contributed by atoms with E-state index >= 15 is 0 Å². The first-order valence-electron chi connectivity index (χ1n) is 11.1. The van der Waals surface area contributed by atoms with Crippen molar-refractivity contribution in [2.24, 2.45) is 9.98 Å². The summed E-state index contributed by atoms with van der Waals surface area (Å²) in [6.45, 7) is 4.42. The Morgan fingerprint density at radius 1 is 0.593 bits per heavy atom. The number of isocyanates is 2. The zero-order valence-corrected chi connectivity index (χ0v) is 17.6. The summed E-state index contributed by atoms with van der Waals surface area (Å²) in [6, 6.07) is 0. The van der Waals surface area contributed by atoms with Crippen LogP contribution in [0.25, 0.3) is 0 Å². The van der Waals surface area contributed by atoms with Crippen LogP contribution in [0, 0.1) is 0 Å². The van der Waals surface area contributed by atoms with Crippen LogP contribution >= 0.6 is 0 Å². The number of rotatable bonds is 20. The first-order chi connectivity index (χ1) is 13.3. The van der Waals surface area contributed by atoms with E-state index in [-0.39, 0.29) is 0 Å². The Balaban J connectivity index is 4.07. The molecule has 0 aromatic rings. The fourth-order valence-corrected chi connectivity index (χ4v) is 3.18. The Morgan fingerprint density at radius 2 is 0.926 bits per heavy atom. The van der Waals surface area contributed by atoms with E-state index in [1.165, 1.54) is 64.2 Å². The highest BCUT2D eigenvalue weighted by atomic mass is 16.5. The summed E-state index contributed by atoms with van der Waals surface area (Å²) in [5, 5.41) is 0. The third-order valence-electron chi connectivity index (χ3n) is 4.82. The Kier molecular flexibility index (Phi) is 20.0. The molecule has 0 bridgehead atoms. The molecule has 0 N–H and O–H groups in total. The maximum absolute atomic E-state index is 10.7. The van der Waals surface area contributed by atoms with E-state index in [1.54, 1.807) is 12.2 Å². The molecule has 0 heterocycles. The zero-order chi connectivity index (χ0) is 20.0. The minimum atomic E-state index is -0.551. The van der Waals surface area contributed by atoms with E-state index in [0.29, 0.717) is 12.8 Å². The second-order valence-corrected chi connectivity index (χ2v) is 7.31. The third kappa shape index (κ3) is 17.9. The number of ether oxygens (including phenoxy) is 1. The molecule has 0 aliphatic carbocycles. The Hall–Kier alpha value is -1.28. The standard InChI is InChI=1S/C22H40N2O3/c1-3-5-7-9-11-13-15-17-21(23-19-25)27-22(24-20-26)18-16-14-12-10-8-6-4-2/h21-22H,3-18H2,1-2H3. The average molecular weight is 381 g/mol. The van der Waals surface area contributed by atoms with Crippen molar-refractivity contribution in [3.05, 3.63) is 0 Å². The molecule has 156 valence electrons. The minimum Gasteiger partial charge on any atom is -0.330 e. The van der Waals surface area contributed by atoms with Crippen LogP contribution in [0.1, 0.15) is 117 Å². The largest absolute Gasteiger partial charge is 0.330 e. The molecule has 0 fully saturated rings. The number of aliphatic imine (C=N–C) groups is 2. The molecule has 0 amide bonds. The normalized spacial score (nSPS) is 12.8. The molecule has 0 aromatic heterocycles. The maximum Gasteiger partial charge on any atom is 0.237 e. The molecule has 2 atom stereocenters. The quantitative estimate of drug-likeness (QED) is 0.136. The predicted molar refractivity (Wildman–Crippen MR) is 110 cm³/mol. The van der Waals surface area contributed by atoms with Crippen molar-refractivity contribution < 1.29 is 14.3 Å². The van der Waals surface area contributed by atoms with Crippen molar-refractivity contribution in [1.82, 2.24) is 0 Å². The van der Waals surface area contributed by atoms with Gasteiger partial charge in [-0.2, -0.15) is 9.98 Å². The molecule has 5 nitrogen and oxygen atoms in total. The van der Waals surface area contributed by atoms with Crippen LogP contribution in [0.5, 0.6) is 0 Å². The molecular formula is C22H40N2O3. The van der Waals surface area contributed by atoms with Crippen LogP contribution in [-0.4, -0.2) is 24.6 Å². The summed E-state index contributed by atoms with van der Waals surface area (Å²) in [6.07, 6.45) is 20.1. The minimum absolute atomic E-state index is 0.551. The second-order valence-electron chi connectivity index (χ2n) is 7.31. The lowest BCUT2D eigenvalue weighted by Crippen LogP contribution is -2.19. The van der Waals surface area contributed by atoms with E-state index < -0.39 is 12.5 Å². The highest BCUT2D eigenvalue weighted by Crippen LogP contribution is 2.17. The molecule has 0 saturated heterocycles. The first kappa shape index (κ1) is 25.7. The number of hydrogen-bond donors (Lipinski definition) is 0. The van der Waals surface area contributed by atoms with Crippen molar-refractivity contribution in [2.45, 2.75) is 129 Å². The molecular weight excluding hydrogens is 340 g/mol. The first-order valence-corrected chi connectivity index (χ1v) is 11.1. The van der Waals surface area contributed by atoms with Gasteiger partial charge in [0.2, 0.25) is 12.2 Å². The average Bonchev–Trinajstić information content (AvgIpc) is 2.66. The third-order valence-corrected chi connectivity index (χ3v) is 4.82. The second kappa shape index (κ2) is 21.0. The van der Waals surface area contributed by atoms with Gasteiger partial charge in [-0.1, -0.05) is 90.9 Å². The monoisotopic (exact) mass is 380 g/mol. The van der Waals surface area contributed by atoms with Crippen molar-refractivity contribution in [1.29, 1.82) is 0 Å². The molecule has 0 radical (unpaired) electrons. The summed E-state index contributed by atoms with van der Waals surface area (Å²) in [4.78, 5) is 28.8. The number of unbranched alkanes of at least 4 members (excludes halogenated alkanes) is 12. The summed E-state index contributed by atoms with van der Waals surface area (Å²) in [5.74, 6) is 0. The Bertz CT molecular complexity index is 378. The van der Waals surface area contributed by atoms with Gasteiger partial charge in [0, 0.05) is 0 Å². The van der Waals surface area contributed by atoms with E-state index in [9.17, 15) is 9.59 Å². The van der Waals surface area contributed by atoms with Crippen molar-refractivity contribution in [2.75, 3.05) is 0 Å². The van der Waals surface area contributed by atoms with Crippen molar-refractivity contribution >= 4 is 12.2 Å². The molecule has 5 heteroatoms. The van der Waals surface area contributed by atoms with Gasteiger partial charge in [-0.25, -0.2) is 9.59 Å². The van der Waals surface area contributed by atoms with Crippen LogP contribution in [0.15, 0.2) is 9.98 Å². The Labute approximate surface area is 166 Å². The summed E-state index contributed by atoms with van der Waals surface area (Å²) in [5.41, 5.74) is 0. The molecule has 0 saturated carbocycles. The molecule has 0 rings (SSSR count). The molecule has 0 aliphatic heterocycles. The highest BCUT2D eigenvalue weighted by molar-refractivity contribution is 5.33. The van der Waals surface area contributed by atoms with Crippen LogP contribution in [-0.2, 0) is 14.3 Å². The number of carbonyl (C=O) groups excluding carboxylic acids is 2. The fourth-order valence-electron chi connectivity index (χ4n) is 3.18. The van der Waals surface area contributed by atoms with Gasteiger partial charge >= 0.3 is 0 Å². The summed E-state index contributed by atoms with van der Waals surface area (Å²) in [7, 11) is 0. The molecule has 0 spiro atoms. The van der Waals surface area contributed by atoms with Crippen molar-refractivity contribution in [3.8, 4) is 0 Å². The lowest BCUT2D eigenvalue weighted by Gasteiger charge is -2.17. The lowest BCUT2D eigenvalue weighted by atomic mass is 10.1. The van der Waals surface area contributed by atoms with Crippen LogP contribution < -0.4 is 0 Å². The van der Waals surface area contributed by atoms with Crippen LogP contribution in [0.2, 0.25) is 0 Å². The van der Waals surface area contributed by atoms with Gasteiger partial charge < -0.3 is 4.74 Å². The highest BCUT2D eigenvalue weighted by Gasteiger charge is 2.15. The smallest absolute Gasteiger partial charge is 0.237 e. The lowest BCUT2D eigenvalue weighted by molar-refractivity contribution is -0.0126. The zero-order valence-electron chi connectivity index (χ0n) is 17.6. The molecule has 2 unspecified atom stereocenters. The van der Waals surface area contributed by atoms with Crippen LogP contribution in [0.3, 0.4) is 0 Å². The molecule has 27 heavy (non-hydrogen) atoms. The van der Waals surface area contributed by atoms with E-state index in [2.05, 4.69) is 23.8 Å². The van der Waals surface area contributed by atoms with Crippen LogP contribution in [0.4, 0.5) is 0 Å².